The molecule has 0 bridgehead atoms. The van der Waals surface area contributed by atoms with Crippen molar-refractivity contribution in [3.05, 3.63) is 24.3 Å². The molecule has 20 heavy (non-hydrogen) atoms. The molecular weight excluding hydrogens is 272 g/mol. The minimum absolute atomic E-state index is 0.107. The van der Waals surface area contributed by atoms with Crippen LogP contribution in [0.1, 0.15) is 39.0 Å². The number of benzene rings is 1. The molecule has 0 saturated heterocycles. The van der Waals surface area contributed by atoms with Crippen molar-refractivity contribution < 1.29 is 8.42 Å². The van der Waals surface area contributed by atoms with E-state index in [1.165, 1.54) is 19.3 Å². The molecule has 5 heteroatoms. The third kappa shape index (κ3) is 3.73. The van der Waals surface area contributed by atoms with Crippen LogP contribution in [-0.4, -0.2) is 22.0 Å². The van der Waals surface area contributed by atoms with Crippen molar-refractivity contribution in [3.8, 4) is 0 Å². The van der Waals surface area contributed by atoms with Gasteiger partial charge in [0.15, 0.2) is 0 Å². The van der Waals surface area contributed by atoms with E-state index in [2.05, 4.69) is 17.0 Å². The van der Waals surface area contributed by atoms with Crippen LogP contribution in [0.4, 0.5) is 5.69 Å². The van der Waals surface area contributed by atoms with Crippen molar-refractivity contribution in [1.82, 2.24) is 4.72 Å². The molecule has 1 fully saturated rings. The van der Waals surface area contributed by atoms with E-state index in [1.807, 2.05) is 7.05 Å². The minimum atomic E-state index is -3.40. The van der Waals surface area contributed by atoms with Crippen LogP contribution in [0.25, 0.3) is 0 Å². The summed E-state index contributed by atoms with van der Waals surface area (Å²) in [6.07, 6.45) is 5.89. The predicted molar refractivity (Wildman–Crippen MR) is 82.4 cm³/mol. The Bertz CT molecular complexity index is 531. The molecule has 4 nitrogen and oxygen atoms in total. The summed E-state index contributed by atoms with van der Waals surface area (Å²) in [6.45, 7) is 2.71. The number of hydrogen-bond donors (Lipinski definition) is 2. The molecule has 1 aliphatic rings. The molecule has 0 amide bonds. The topological polar surface area (TPSA) is 58.2 Å². The summed E-state index contributed by atoms with van der Waals surface area (Å²) in [5.74, 6) is 0. The van der Waals surface area contributed by atoms with Crippen molar-refractivity contribution in [2.24, 2.45) is 5.41 Å². The van der Waals surface area contributed by atoms with Crippen molar-refractivity contribution >= 4 is 15.7 Å². The van der Waals surface area contributed by atoms with Gasteiger partial charge in [0.1, 0.15) is 0 Å². The molecule has 1 aromatic carbocycles. The maximum atomic E-state index is 12.3. The molecule has 1 aromatic rings. The molecule has 0 unspecified atom stereocenters. The van der Waals surface area contributed by atoms with Gasteiger partial charge in [-0.3, -0.25) is 0 Å². The zero-order valence-corrected chi connectivity index (χ0v) is 13.1. The van der Waals surface area contributed by atoms with E-state index in [4.69, 9.17) is 0 Å². The quantitative estimate of drug-likeness (QED) is 0.878. The van der Waals surface area contributed by atoms with Crippen LogP contribution in [0.2, 0.25) is 0 Å². The maximum absolute atomic E-state index is 12.3. The Morgan fingerprint density at radius 1 is 1.10 bits per heavy atom. The van der Waals surface area contributed by atoms with Gasteiger partial charge in [-0.2, -0.15) is 0 Å². The lowest BCUT2D eigenvalue weighted by Gasteiger charge is -2.33. The third-order valence-corrected chi connectivity index (χ3v) is 5.62. The third-order valence-electron chi connectivity index (χ3n) is 4.20. The normalized spacial score (nSPS) is 18.7. The largest absolute Gasteiger partial charge is 0.388 e. The maximum Gasteiger partial charge on any atom is 0.240 e. The molecular formula is C15H24N2O2S. The van der Waals surface area contributed by atoms with E-state index in [0.717, 1.165) is 18.5 Å². The standard InChI is InChI=1S/C15H24N2O2S/c1-15(10-4-3-5-11-15)12-17-20(18,19)14-8-6-13(16-2)7-9-14/h6-9,16-17H,3-5,10-12H2,1-2H3. The lowest BCUT2D eigenvalue weighted by Crippen LogP contribution is -2.36. The highest BCUT2D eigenvalue weighted by Crippen LogP contribution is 2.35. The van der Waals surface area contributed by atoms with Crippen molar-refractivity contribution in [2.45, 2.75) is 43.9 Å². The molecule has 2 N–H and O–H groups in total. The van der Waals surface area contributed by atoms with Gasteiger partial charge in [-0.25, -0.2) is 13.1 Å². The molecule has 0 aromatic heterocycles. The van der Waals surface area contributed by atoms with Crippen LogP contribution in [0.3, 0.4) is 0 Å². The highest BCUT2D eigenvalue weighted by molar-refractivity contribution is 7.89. The fourth-order valence-electron chi connectivity index (χ4n) is 2.74. The van der Waals surface area contributed by atoms with Gasteiger partial charge in [0, 0.05) is 19.3 Å². The van der Waals surface area contributed by atoms with Crippen molar-refractivity contribution in [1.29, 1.82) is 0 Å². The molecule has 1 aliphatic carbocycles. The second kappa shape index (κ2) is 6.14. The lowest BCUT2D eigenvalue weighted by molar-refractivity contribution is 0.219. The van der Waals surface area contributed by atoms with Gasteiger partial charge in [-0.1, -0.05) is 26.2 Å². The Morgan fingerprint density at radius 2 is 1.70 bits per heavy atom. The molecule has 1 saturated carbocycles. The van der Waals surface area contributed by atoms with Crippen molar-refractivity contribution in [3.63, 3.8) is 0 Å². The summed E-state index contributed by atoms with van der Waals surface area (Å²) >= 11 is 0. The van der Waals surface area contributed by atoms with Crippen molar-refractivity contribution in [2.75, 3.05) is 18.9 Å². The first-order valence-electron chi connectivity index (χ1n) is 7.23. The summed E-state index contributed by atoms with van der Waals surface area (Å²) in [4.78, 5) is 0.330. The Labute approximate surface area is 122 Å². The summed E-state index contributed by atoms with van der Waals surface area (Å²) in [7, 11) is -1.59. The zero-order valence-electron chi connectivity index (χ0n) is 12.3. The van der Waals surface area contributed by atoms with E-state index >= 15 is 0 Å². The molecule has 0 atom stereocenters. The van der Waals surface area contributed by atoms with Crippen LogP contribution in [0, 0.1) is 5.41 Å². The second-order valence-electron chi connectivity index (χ2n) is 5.97. The van der Waals surface area contributed by atoms with E-state index in [0.29, 0.717) is 11.4 Å². The molecule has 0 aliphatic heterocycles. The van der Waals surface area contributed by atoms with E-state index in [-0.39, 0.29) is 5.41 Å². The molecule has 0 heterocycles. The minimum Gasteiger partial charge on any atom is -0.388 e. The van der Waals surface area contributed by atoms with Gasteiger partial charge in [0.25, 0.3) is 0 Å². The number of anilines is 1. The summed E-state index contributed by atoms with van der Waals surface area (Å²) in [5, 5.41) is 2.98. The first-order chi connectivity index (χ1) is 9.45. The monoisotopic (exact) mass is 296 g/mol. The molecule has 0 radical (unpaired) electrons. The number of sulfonamides is 1. The van der Waals surface area contributed by atoms with Gasteiger partial charge >= 0.3 is 0 Å². The second-order valence-corrected chi connectivity index (χ2v) is 7.74. The van der Waals surface area contributed by atoms with E-state index in [9.17, 15) is 8.42 Å². The Hall–Kier alpha value is -1.07. The van der Waals surface area contributed by atoms with E-state index in [1.54, 1.807) is 24.3 Å². The highest BCUT2D eigenvalue weighted by Gasteiger charge is 2.28. The van der Waals surface area contributed by atoms with Crippen LogP contribution in [0.5, 0.6) is 0 Å². The van der Waals surface area contributed by atoms with Crippen LogP contribution in [-0.2, 0) is 10.0 Å². The Kier molecular flexibility index (Phi) is 4.70. The number of hydrogen-bond acceptors (Lipinski definition) is 3. The van der Waals surface area contributed by atoms with Crippen LogP contribution < -0.4 is 10.0 Å². The van der Waals surface area contributed by atoms with Gasteiger partial charge in [0.2, 0.25) is 10.0 Å². The summed E-state index contributed by atoms with van der Waals surface area (Å²) in [5.41, 5.74) is 1.01. The highest BCUT2D eigenvalue weighted by atomic mass is 32.2. The van der Waals surface area contributed by atoms with Gasteiger partial charge in [-0.05, 0) is 42.5 Å². The summed E-state index contributed by atoms with van der Waals surface area (Å²) < 4.78 is 27.3. The fraction of sp³-hybridized carbons (Fsp3) is 0.600. The number of rotatable bonds is 5. The first-order valence-corrected chi connectivity index (χ1v) is 8.71. The average molecular weight is 296 g/mol. The number of nitrogens with one attached hydrogen (secondary N) is 2. The fourth-order valence-corrected chi connectivity index (χ4v) is 3.93. The Balaban J connectivity index is 2.02. The SMILES string of the molecule is CNc1ccc(S(=O)(=O)NCC2(C)CCCCC2)cc1. The molecule has 2 rings (SSSR count). The van der Waals surface area contributed by atoms with Gasteiger partial charge in [-0.15, -0.1) is 0 Å². The lowest BCUT2D eigenvalue weighted by atomic mass is 9.76. The van der Waals surface area contributed by atoms with Gasteiger partial charge < -0.3 is 5.32 Å². The Morgan fingerprint density at radius 3 is 2.25 bits per heavy atom. The van der Waals surface area contributed by atoms with Crippen LogP contribution >= 0.6 is 0 Å². The molecule has 0 spiro atoms. The summed E-state index contributed by atoms with van der Waals surface area (Å²) in [6, 6.07) is 6.82. The predicted octanol–water partition coefficient (Wildman–Crippen LogP) is 2.98. The smallest absolute Gasteiger partial charge is 0.240 e. The first kappa shape index (κ1) is 15.3. The average Bonchev–Trinajstić information content (AvgIpc) is 2.46. The van der Waals surface area contributed by atoms with E-state index < -0.39 is 10.0 Å². The van der Waals surface area contributed by atoms with Gasteiger partial charge in [0.05, 0.1) is 4.90 Å². The van der Waals surface area contributed by atoms with Crippen LogP contribution in [0.15, 0.2) is 29.2 Å². The zero-order chi connectivity index (χ0) is 14.6. The molecule has 112 valence electrons.